The number of aliphatic hydroxyl groups is 1. The number of nitrogens with zero attached hydrogens (tertiary/aromatic N) is 2. The lowest BCUT2D eigenvalue weighted by Crippen LogP contribution is -2.31. The summed E-state index contributed by atoms with van der Waals surface area (Å²) in [6, 6.07) is 1.63. The molecule has 0 aromatic carbocycles. The summed E-state index contributed by atoms with van der Waals surface area (Å²) in [4.78, 5) is 17.8. The van der Waals surface area contributed by atoms with E-state index in [1.165, 1.54) is 6.20 Å². The number of aromatic nitrogens is 1. The number of carbonyl (C=O) groups excluding carboxylic acids is 1. The van der Waals surface area contributed by atoms with E-state index >= 15 is 0 Å². The third kappa shape index (κ3) is 5.00. The third-order valence-electron chi connectivity index (χ3n) is 2.58. The van der Waals surface area contributed by atoms with Gasteiger partial charge in [0.25, 0.3) is 5.91 Å². The van der Waals surface area contributed by atoms with Crippen molar-refractivity contribution in [3.63, 3.8) is 0 Å². The van der Waals surface area contributed by atoms with Gasteiger partial charge in [-0.05, 0) is 19.9 Å². The Morgan fingerprint density at radius 1 is 1.55 bits per heavy atom. The van der Waals surface area contributed by atoms with E-state index in [1.807, 2.05) is 13.8 Å². The molecule has 0 unspecified atom stereocenters. The van der Waals surface area contributed by atoms with Crippen LogP contribution in [0.25, 0.3) is 0 Å². The average molecular weight is 276 g/mol. The van der Waals surface area contributed by atoms with Crippen LogP contribution in [0.3, 0.4) is 0 Å². The molecule has 1 N–H and O–H groups in total. The summed E-state index contributed by atoms with van der Waals surface area (Å²) >= 11 is 0. The second kappa shape index (κ2) is 8.31. The summed E-state index contributed by atoms with van der Waals surface area (Å²) in [7, 11) is 1.72. The van der Waals surface area contributed by atoms with Crippen molar-refractivity contribution in [1.29, 1.82) is 0 Å². The number of pyridine rings is 1. The number of likely N-dealkylation sites (N-methyl/N-ethyl adjacent to an activating group) is 1. The Balaban J connectivity index is 2.76. The zero-order chi connectivity index (χ0) is 15.0. The fourth-order valence-corrected chi connectivity index (χ4v) is 1.55. The first-order valence-electron chi connectivity index (χ1n) is 6.47. The highest BCUT2D eigenvalue weighted by atomic mass is 16.5. The van der Waals surface area contributed by atoms with Crippen molar-refractivity contribution >= 4 is 5.91 Å². The second-order valence-corrected chi connectivity index (χ2v) is 4.53. The van der Waals surface area contributed by atoms with Crippen LogP contribution in [0.4, 0.5) is 0 Å². The van der Waals surface area contributed by atoms with Crippen molar-refractivity contribution in [2.24, 2.45) is 0 Å². The van der Waals surface area contributed by atoms with Gasteiger partial charge in [-0.1, -0.05) is 11.8 Å². The van der Waals surface area contributed by atoms with E-state index in [0.717, 1.165) is 0 Å². The molecule has 108 valence electrons. The molecule has 1 amide bonds. The molecule has 1 aromatic heterocycles. The Morgan fingerprint density at radius 3 is 2.95 bits per heavy atom. The largest absolute Gasteiger partial charge is 0.384 e. The summed E-state index contributed by atoms with van der Waals surface area (Å²) in [5, 5.41) is 8.73. The lowest BCUT2D eigenvalue weighted by molar-refractivity contribution is 0.0532. The second-order valence-electron chi connectivity index (χ2n) is 4.53. The van der Waals surface area contributed by atoms with Crippen LogP contribution in [-0.2, 0) is 4.74 Å². The van der Waals surface area contributed by atoms with E-state index in [-0.39, 0.29) is 18.6 Å². The van der Waals surface area contributed by atoms with E-state index in [9.17, 15) is 4.79 Å². The first-order chi connectivity index (χ1) is 9.56. The highest BCUT2D eigenvalue weighted by Crippen LogP contribution is 2.08. The van der Waals surface area contributed by atoms with Crippen LogP contribution in [0.15, 0.2) is 18.5 Å². The Hall–Kier alpha value is -1.90. The van der Waals surface area contributed by atoms with Crippen LogP contribution in [-0.4, -0.2) is 53.8 Å². The highest BCUT2D eigenvalue weighted by molar-refractivity contribution is 5.96. The van der Waals surface area contributed by atoms with Crippen LogP contribution in [0, 0.1) is 11.8 Å². The number of hydrogen-bond acceptors (Lipinski definition) is 4. The summed E-state index contributed by atoms with van der Waals surface area (Å²) in [6.07, 6.45) is 3.22. The van der Waals surface area contributed by atoms with Gasteiger partial charge in [0, 0.05) is 26.0 Å². The van der Waals surface area contributed by atoms with Crippen LogP contribution in [0.2, 0.25) is 0 Å². The monoisotopic (exact) mass is 276 g/mol. The van der Waals surface area contributed by atoms with E-state index < -0.39 is 0 Å². The Kier molecular flexibility index (Phi) is 6.71. The van der Waals surface area contributed by atoms with Crippen molar-refractivity contribution in [1.82, 2.24) is 9.88 Å². The van der Waals surface area contributed by atoms with Crippen molar-refractivity contribution < 1.29 is 14.6 Å². The lowest BCUT2D eigenvalue weighted by Gasteiger charge is -2.18. The molecule has 20 heavy (non-hydrogen) atoms. The van der Waals surface area contributed by atoms with Gasteiger partial charge in [0.2, 0.25) is 0 Å². The molecule has 1 heterocycles. The lowest BCUT2D eigenvalue weighted by atomic mass is 10.1. The molecule has 0 atom stereocenters. The third-order valence-corrected chi connectivity index (χ3v) is 2.58. The number of rotatable bonds is 5. The van der Waals surface area contributed by atoms with Crippen LogP contribution in [0.1, 0.15) is 29.8 Å². The molecule has 0 fully saturated rings. The summed E-state index contributed by atoms with van der Waals surface area (Å²) in [5.74, 6) is 5.12. The minimum absolute atomic E-state index is 0.137. The molecular formula is C15H20N2O3. The first-order valence-corrected chi connectivity index (χ1v) is 6.47. The van der Waals surface area contributed by atoms with Crippen LogP contribution < -0.4 is 0 Å². The predicted molar refractivity (Wildman–Crippen MR) is 76.2 cm³/mol. The van der Waals surface area contributed by atoms with E-state index in [1.54, 1.807) is 24.2 Å². The maximum atomic E-state index is 12.3. The molecule has 0 saturated carbocycles. The number of ether oxygens (including phenoxy) is 1. The van der Waals surface area contributed by atoms with Crippen molar-refractivity contribution in [2.45, 2.75) is 20.0 Å². The minimum Gasteiger partial charge on any atom is -0.384 e. The van der Waals surface area contributed by atoms with Gasteiger partial charge in [-0.3, -0.25) is 9.78 Å². The number of hydrogen-bond donors (Lipinski definition) is 1. The predicted octanol–water partition coefficient (Wildman–Crippen LogP) is 0.922. The van der Waals surface area contributed by atoms with Crippen molar-refractivity contribution in [2.75, 3.05) is 26.8 Å². The smallest absolute Gasteiger partial charge is 0.255 e. The van der Waals surface area contributed by atoms with E-state index in [4.69, 9.17) is 9.84 Å². The molecule has 0 bridgehead atoms. The molecule has 0 spiro atoms. The molecule has 1 rings (SSSR count). The summed E-state index contributed by atoms with van der Waals surface area (Å²) < 4.78 is 5.43. The first kappa shape index (κ1) is 16.2. The normalized spacial score (nSPS) is 10.1. The van der Waals surface area contributed by atoms with Gasteiger partial charge in [0.1, 0.15) is 6.61 Å². The highest BCUT2D eigenvalue weighted by Gasteiger charge is 2.14. The minimum atomic E-state index is -0.249. The maximum absolute atomic E-state index is 12.3. The summed E-state index contributed by atoms with van der Waals surface area (Å²) in [5.41, 5.74) is 0.996. The number of amides is 1. The molecule has 5 nitrogen and oxygen atoms in total. The average Bonchev–Trinajstić information content (AvgIpc) is 2.44. The topological polar surface area (TPSA) is 62.7 Å². The quantitative estimate of drug-likeness (QED) is 0.812. The number of carbonyl (C=O) groups is 1. The molecule has 0 aliphatic carbocycles. The fraction of sp³-hybridized carbons (Fsp3) is 0.467. The van der Waals surface area contributed by atoms with Gasteiger partial charge in [-0.15, -0.1) is 0 Å². The van der Waals surface area contributed by atoms with E-state index in [0.29, 0.717) is 24.3 Å². The molecule has 1 aromatic rings. The zero-order valence-electron chi connectivity index (χ0n) is 12.1. The van der Waals surface area contributed by atoms with Gasteiger partial charge in [0.15, 0.2) is 0 Å². The van der Waals surface area contributed by atoms with Crippen LogP contribution >= 0.6 is 0 Å². The molecule has 5 heteroatoms. The molecule has 0 saturated heterocycles. The van der Waals surface area contributed by atoms with Gasteiger partial charge < -0.3 is 14.7 Å². The zero-order valence-corrected chi connectivity index (χ0v) is 12.1. The molecular weight excluding hydrogens is 256 g/mol. The van der Waals surface area contributed by atoms with Gasteiger partial charge >= 0.3 is 0 Å². The van der Waals surface area contributed by atoms with Gasteiger partial charge in [0.05, 0.1) is 23.8 Å². The number of aliphatic hydroxyl groups excluding tert-OH is 1. The molecule has 0 aliphatic rings. The SMILES string of the molecule is CC(C)OCCN(C)C(=O)c1ccncc1C#CCO. The Labute approximate surface area is 119 Å². The van der Waals surface area contributed by atoms with Crippen molar-refractivity contribution in [3.05, 3.63) is 29.6 Å². The Morgan fingerprint density at radius 2 is 2.30 bits per heavy atom. The fourth-order valence-electron chi connectivity index (χ4n) is 1.55. The van der Waals surface area contributed by atoms with E-state index in [2.05, 4.69) is 16.8 Å². The maximum Gasteiger partial charge on any atom is 0.255 e. The van der Waals surface area contributed by atoms with Gasteiger partial charge in [-0.2, -0.15) is 0 Å². The standard InChI is InChI=1S/C15H20N2O3/c1-12(2)20-10-8-17(3)15(19)14-6-7-16-11-13(14)5-4-9-18/h6-7,11-12,18H,8-10H2,1-3H3. The van der Waals surface area contributed by atoms with Crippen molar-refractivity contribution in [3.8, 4) is 11.8 Å². The van der Waals surface area contributed by atoms with Crippen LogP contribution in [0.5, 0.6) is 0 Å². The Bertz CT molecular complexity index is 503. The molecule has 0 radical (unpaired) electrons. The van der Waals surface area contributed by atoms with Gasteiger partial charge in [-0.25, -0.2) is 0 Å². The molecule has 0 aliphatic heterocycles. The summed E-state index contributed by atoms with van der Waals surface area (Å²) in [6.45, 7) is 4.65.